The molecule has 1 aliphatic heterocycles. The average Bonchev–Trinajstić information content (AvgIpc) is 2.88. The first-order valence-electron chi connectivity index (χ1n) is 7.27. The van der Waals surface area contributed by atoms with Crippen molar-refractivity contribution >= 4 is 11.4 Å². The quantitative estimate of drug-likeness (QED) is 0.783. The third-order valence-corrected chi connectivity index (χ3v) is 4.97. The van der Waals surface area contributed by atoms with Crippen molar-refractivity contribution in [2.45, 2.75) is 38.5 Å². The summed E-state index contributed by atoms with van der Waals surface area (Å²) in [5.74, 6) is 0. The van der Waals surface area contributed by atoms with Crippen molar-refractivity contribution in [2.24, 2.45) is 5.41 Å². The molecule has 1 aromatic rings. The van der Waals surface area contributed by atoms with Crippen LogP contribution >= 0.6 is 0 Å². The molecule has 0 atom stereocenters. The van der Waals surface area contributed by atoms with E-state index < -0.39 is 0 Å². The van der Waals surface area contributed by atoms with Gasteiger partial charge in [0.25, 0.3) is 0 Å². The van der Waals surface area contributed by atoms with Gasteiger partial charge in [-0.05, 0) is 49.3 Å². The lowest BCUT2D eigenvalue weighted by atomic mass is 9.77. The number of nitrogen functional groups attached to an aromatic ring is 1. The molecule has 1 heterocycles. The third kappa shape index (κ3) is 2.28. The molecule has 1 saturated carbocycles. The summed E-state index contributed by atoms with van der Waals surface area (Å²) in [4.78, 5) is 2.36. The Morgan fingerprint density at radius 1 is 1.11 bits per heavy atom. The number of anilines is 2. The van der Waals surface area contributed by atoms with Crippen molar-refractivity contribution in [3.05, 3.63) is 23.8 Å². The highest BCUT2D eigenvalue weighted by molar-refractivity contribution is 5.64. The zero-order valence-electron chi connectivity index (χ0n) is 11.4. The Morgan fingerprint density at radius 3 is 2.42 bits per heavy atom. The van der Waals surface area contributed by atoms with Gasteiger partial charge in [0.2, 0.25) is 0 Å². The van der Waals surface area contributed by atoms with Gasteiger partial charge >= 0.3 is 0 Å². The Labute approximate surface area is 115 Å². The van der Waals surface area contributed by atoms with E-state index in [-0.39, 0.29) is 0 Å². The number of nitrogens with two attached hydrogens (primary N) is 1. The van der Waals surface area contributed by atoms with Crippen molar-refractivity contribution in [3.8, 4) is 6.07 Å². The van der Waals surface area contributed by atoms with Gasteiger partial charge in [0.15, 0.2) is 0 Å². The topological polar surface area (TPSA) is 53.1 Å². The van der Waals surface area contributed by atoms with Crippen LogP contribution in [0.1, 0.15) is 44.1 Å². The van der Waals surface area contributed by atoms with Crippen LogP contribution in [0.2, 0.25) is 0 Å². The standard InChI is InChI=1S/C16H21N3/c17-12-13-11-14(18)3-4-15(13)19-9-7-16(8-10-19)5-1-2-6-16/h3-4,11H,1-2,5-10,18H2. The van der Waals surface area contributed by atoms with Crippen LogP contribution in [0.25, 0.3) is 0 Å². The van der Waals surface area contributed by atoms with Gasteiger partial charge in [-0.3, -0.25) is 0 Å². The molecule has 0 amide bonds. The highest BCUT2D eigenvalue weighted by Crippen LogP contribution is 2.46. The van der Waals surface area contributed by atoms with E-state index in [0.29, 0.717) is 16.7 Å². The van der Waals surface area contributed by atoms with E-state index >= 15 is 0 Å². The van der Waals surface area contributed by atoms with Gasteiger partial charge in [0.05, 0.1) is 11.3 Å². The van der Waals surface area contributed by atoms with Gasteiger partial charge in [-0.15, -0.1) is 0 Å². The van der Waals surface area contributed by atoms with Gasteiger partial charge < -0.3 is 10.6 Å². The molecule has 19 heavy (non-hydrogen) atoms. The summed E-state index contributed by atoms with van der Waals surface area (Å²) < 4.78 is 0. The fraction of sp³-hybridized carbons (Fsp3) is 0.562. The Morgan fingerprint density at radius 2 is 1.79 bits per heavy atom. The SMILES string of the molecule is N#Cc1cc(N)ccc1N1CCC2(CCCC2)CC1. The lowest BCUT2D eigenvalue weighted by Gasteiger charge is -2.40. The molecule has 1 aromatic carbocycles. The molecule has 2 fully saturated rings. The van der Waals surface area contributed by atoms with Crippen LogP contribution in [-0.2, 0) is 0 Å². The molecule has 2 N–H and O–H groups in total. The molecule has 3 nitrogen and oxygen atoms in total. The number of benzene rings is 1. The second-order valence-corrected chi connectivity index (χ2v) is 6.08. The van der Waals surface area contributed by atoms with Crippen molar-refractivity contribution in [1.29, 1.82) is 5.26 Å². The summed E-state index contributed by atoms with van der Waals surface area (Å²) in [6, 6.07) is 7.96. The van der Waals surface area contributed by atoms with Crippen molar-refractivity contribution in [3.63, 3.8) is 0 Å². The minimum absolute atomic E-state index is 0.622. The highest BCUT2D eigenvalue weighted by Gasteiger charge is 2.37. The lowest BCUT2D eigenvalue weighted by molar-refractivity contribution is 0.226. The van der Waals surface area contributed by atoms with Crippen LogP contribution < -0.4 is 10.6 Å². The predicted molar refractivity (Wildman–Crippen MR) is 77.9 cm³/mol. The number of nitrogens with zero attached hydrogens (tertiary/aromatic N) is 2. The Balaban J connectivity index is 1.77. The molecular formula is C16H21N3. The Kier molecular flexibility index (Phi) is 3.10. The van der Waals surface area contributed by atoms with Crippen molar-refractivity contribution in [1.82, 2.24) is 0 Å². The average molecular weight is 255 g/mol. The van der Waals surface area contributed by atoms with Gasteiger partial charge in [0, 0.05) is 18.8 Å². The highest BCUT2D eigenvalue weighted by atomic mass is 15.1. The largest absolute Gasteiger partial charge is 0.399 e. The first-order chi connectivity index (χ1) is 9.22. The minimum Gasteiger partial charge on any atom is -0.399 e. The van der Waals surface area contributed by atoms with Gasteiger partial charge in [0.1, 0.15) is 6.07 Å². The van der Waals surface area contributed by atoms with Crippen LogP contribution in [-0.4, -0.2) is 13.1 Å². The molecule has 100 valence electrons. The number of hydrogen-bond donors (Lipinski definition) is 1. The van der Waals surface area contributed by atoms with E-state index in [2.05, 4.69) is 11.0 Å². The molecule has 0 bridgehead atoms. The van der Waals surface area contributed by atoms with E-state index in [4.69, 9.17) is 5.73 Å². The van der Waals surface area contributed by atoms with Crippen LogP contribution in [0.3, 0.4) is 0 Å². The van der Waals surface area contributed by atoms with Crippen LogP contribution in [0.15, 0.2) is 18.2 Å². The van der Waals surface area contributed by atoms with Crippen molar-refractivity contribution < 1.29 is 0 Å². The third-order valence-electron chi connectivity index (χ3n) is 4.97. The smallest absolute Gasteiger partial charge is 0.101 e. The van der Waals surface area contributed by atoms with Crippen LogP contribution in [0.5, 0.6) is 0 Å². The van der Waals surface area contributed by atoms with Gasteiger partial charge in [-0.25, -0.2) is 0 Å². The molecule has 1 saturated heterocycles. The molecule has 0 aromatic heterocycles. The van der Waals surface area contributed by atoms with E-state index in [9.17, 15) is 5.26 Å². The van der Waals surface area contributed by atoms with E-state index in [0.717, 1.165) is 18.8 Å². The monoisotopic (exact) mass is 255 g/mol. The van der Waals surface area contributed by atoms with Crippen LogP contribution in [0.4, 0.5) is 11.4 Å². The minimum atomic E-state index is 0.622. The number of nitriles is 1. The molecule has 3 rings (SSSR count). The molecule has 2 aliphatic rings. The molecular weight excluding hydrogens is 234 g/mol. The van der Waals surface area contributed by atoms with Crippen LogP contribution in [0, 0.1) is 16.7 Å². The summed E-state index contributed by atoms with van der Waals surface area (Å²) in [7, 11) is 0. The van der Waals surface area contributed by atoms with E-state index in [1.165, 1.54) is 38.5 Å². The molecule has 1 spiro atoms. The lowest BCUT2D eigenvalue weighted by Crippen LogP contribution is -2.39. The van der Waals surface area contributed by atoms with Gasteiger partial charge in [-0.2, -0.15) is 5.26 Å². The summed E-state index contributed by atoms with van der Waals surface area (Å²) in [6.45, 7) is 2.16. The summed E-state index contributed by atoms with van der Waals surface area (Å²) in [5, 5.41) is 9.25. The molecule has 0 radical (unpaired) electrons. The summed E-state index contributed by atoms with van der Waals surface area (Å²) in [5.41, 5.74) is 8.82. The summed E-state index contributed by atoms with van der Waals surface area (Å²) >= 11 is 0. The number of piperidine rings is 1. The zero-order valence-corrected chi connectivity index (χ0v) is 11.4. The van der Waals surface area contributed by atoms with Crippen molar-refractivity contribution in [2.75, 3.05) is 23.7 Å². The molecule has 0 unspecified atom stereocenters. The van der Waals surface area contributed by atoms with E-state index in [1.54, 1.807) is 6.07 Å². The van der Waals surface area contributed by atoms with E-state index in [1.807, 2.05) is 12.1 Å². The maximum absolute atomic E-state index is 9.25. The second-order valence-electron chi connectivity index (χ2n) is 6.08. The Bertz CT molecular complexity index is 499. The molecule has 1 aliphatic carbocycles. The Hall–Kier alpha value is -1.69. The van der Waals surface area contributed by atoms with Gasteiger partial charge in [-0.1, -0.05) is 12.8 Å². The fourth-order valence-electron chi connectivity index (χ4n) is 3.77. The number of rotatable bonds is 1. The first kappa shape index (κ1) is 12.3. The normalized spacial score (nSPS) is 21.5. The summed E-state index contributed by atoms with van der Waals surface area (Å²) in [6.07, 6.45) is 8.20. The maximum atomic E-state index is 9.25. The second kappa shape index (κ2) is 4.77. The molecule has 3 heteroatoms. The zero-order chi connectivity index (χ0) is 13.3. The first-order valence-corrected chi connectivity index (χ1v) is 7.27. The predicted octanol–water partition coefficient (Wildman–Crippen LogP) is 3.30. The number of hydrogen-bond acceptors (Lipinski definition) is 3. The fourth-order valence-corrected chi connectivity index (χ4v) is 3.77. The maximum Gasteiger partial charge on any atom is 0.101 e.